The highest BCUT2D eigenvalue weighted by Gasteiger charge is 2.15. The Morgan fingerprint density at radius 2 is 1.81 bits per heavy atom. The van der Waals surface area contributed by atoms with Crippen LogP contribution in [0, 0.1) is 6.92 Å². The van der Waals surface area contributed by atoms with Gasteiger partial charge in [0, 0.05) is 34.9 Å². The molecule has 0 radical (unpaired) electrons. The molecule has 4 N–H and O–H groups in total. The third-order valence-corrected chi connectivity index (χ3v) is 5.27. The van der Waals surface area contributed by atoms with Crippen molar-refractivity contribution in [1.82, 2.24) is 39.7 Å². The lowest BCUT2D eigenvalue weighted by Gasteiger charge is -2.02. The zero-order chi connectivity index (χ0) is 20.9. The van der Waals surface area contributed by atoms with Gasteiger partial charge in [0.1, 0.15) is 5.69 Å². The molecular weight excluding hydrogens is 390 g/mol. The molecule has 0 aliphatic rings. The lowest BCUT2D eigenvalue weighted by Crippen LogP contribution is -1.91. The second kappa shape index (κ2) is 6.49. The first-order valence-corrected chi connectivity index (χ1v) is 9.69. The van der Waals surface area contributed by atoms with Crippen molar-refractivity contribution in [2.75, 3.05) is 5.73 Å². The third-order valence-electron chi connectivity index (χ3n) is 5.27. The van der Waals surface area contributed by atoms with E-state index in [-0.39, 0.29) is 0 Å². The fraction of sp³-hybridized carbons (Fsp3) is 0.0455. The van der Waals surface area contributed by atoms with Gasteiger partial charge in [-0.3, -0.25) is 20.1 Å². The maximum atomic E-state index is 5.89. The summed E-state index contributed by atoms with van der Waals surface area (Å²) < 4.78 is 1.97. The van der Waals surface area contributed by atoms with E-state index in [1.807, 2.05) is 42.2 Å². The monoisotopic (exact) mass is 407 g/mol. The van der Waals surface area contributed by atoms with Crippen molar-refractivity contribution >= 4 is 27.5 Å². The standard InChI is InChI=1S/C22H17N9/c1-12-10-31(11-27-12)21-9-25-7-19-15(21)3-18(28-19)22-16-4-17(26-8-20(16)29-30-22)13-2-14(23)6-24-5-13/h2-11,28H,23H2,1H3,(H,29,30). The maximum Gasteiger partial charge on any atom is 0.116 e. The van der Waals surface area contributed by atoms with E-state index in [4.69, 9.17) is 5.73 Å². The van der Waals surface area contributed by atoms with Crippen LogP contribution < -0.4 is 5.73 Å². The van der Waals surface area contributed by atoms with Gasteiger partial charge in [-0.1, -0.05) is 0 Å². The van der Waals surface area contributed by atoms with Crippen molar-refractivity contribution in [3.05, 3.63) is 67.4 Å². The number of anilines is 1. The van der Waals surface area contributed by atoms with Crippen LogP contribution in [0.4, 0.5) is 5.69 Å². The quantitative estimate of drug-likeness (QED) is 0.411. The molecule has 0 aromatic carbocycles. The molecule has 0 amide bonds. The van der Waals surface area contributed by atoms with Crippen LogP contribution in [0.3, 0.4) is 0 Å². The van der Waals surface area contributed by atoms with Crippen LogP contribution in [0.1, 0.15) is 5.69 Å². The van der Waals surface area contributed by atoms with Gasteiger partial charge in [0.05, 0.1) is 64.4 Å². The average Bonchev–Trinajstić information content (AvgIpc) is 3.50. The van der Waals surface area contributed by atoms with Crippen LogP contribution in [0.5, 0.6) is 0 Å². The topological polar surface area (TPSA) is 127 Å². The normalized spacial score (nSPS) is 11.5. The summed E-state index contributed by atoms with van der Waals surface area (Å²) in [5.41, 5.74) is 13.5. The Morgan fingerprint density at radius 3 is 2.65 bits per heavy atom. The van der Waals surface area contributed by atoms with Crippen molar-refractivity contribution in [2.45, 2.75) is 6.92 Å². The van der Waals surface area contributed by atoms with Gasteiger partial charge in [-0.05, 0) is 25.1 Å². The molecule has 0 unspecified atom stereocenters. The number of aromatic amines is 2. The molecule has 0 spiro atoms. The molecule has 150 valence electrons. The van der Waals surface area contributed by atoms with E-state index in [0.717, 1.165) is 55.8 Å². The Morgan fingerprint density at radius 1 is 0.903 bits per heavy atom. The molecule has 0 aliphatic heterocycles. The molecule has 0 atom stereocenters. The van der Waals surface area contributed by atoms with Gasteiger partial charge in [-0.25, -0.2) is 4.98 Å². The summed E-state index contributed by atoms with van der Waals surface area (Å²) in [4.78, 5) is 20.8. The SMILES string of the molecule is Cc1cn(-c2cncc3[nH]c(-c4n[nH]c5cnc(-c6cncc(N)c6)cc45)cc23)cn1. The van der Waals surface area contributed by atoms with E-state index >= 15 is 0 Å². The number of nitrogens with two attached hydrogens (primary N) is 1. The number of aryl methyl sites for hydroxylation is 1. The van der Waals surface area contributed by atoms with Crippen LogP contribution in [-0.4, -0.2) is 39.7 Å². The number of rotatable bonds is 3. The van der Waals surface area contributed by atoms with Crippen LogP contribution >= 0.6 is 0 Å². The molecule has 0 saturated carbocycles. The van der Waals surface area contributed by atoms with Crippen molar-refractivity contribution in [3.8, 4) is 28.3 Å². The van der Waals surface area contributed by atoms with Gasteiger partial charge in [0.15, 0.2) is 0 Å². The summed E-state index contributed by atoms with van der Waals surface area (Å²) in [5, 5.41) is 9.60. The number of aromatic nitrogens is 8. The Labute approximate surface area is 176 Å². The van der Waals surface area contributed by atoms with Gasteiger partial charge in [0.25, 0.3) is 0 Å². The molecule has 0 saturated heterocycles. The minimum absolute atomic E-state index is 0.595. The summed E-state index contributed by atoms with van der Waals surface area (Å²) in [7, 11) is 0. The molecule has 9 heteroatoms. The Bertz CT molecular complexity index is 1570. The lowest BCUT2D eigenvalue weighted by atomic mass is 10.1. The van der Waals surface area contributed by atoms with Crippen LogP contribution in [0.15, 0.2) is 61.7 Å². The van der Waals surface area contributed by atoms with Crippen LogP contribution in [-0.2, 0) is 0 Å². The minimum atomic E-state index is 0.595. The highest BCUT2D eigenvalue weighted by atomic mass is 15.1. The highest BCUT2D eigenvalue weighted by Crippen LogP contribution is 2.32. The second-order valence-electron chi connectivity index (χ2n) is 7.42. The molecule has 9 nitrogen and oxygen atoms in total. The first kappa shape index (κ1) is 17.3. The second-order valence-corrected chi connectivity index (χ2v) is 7.42. The van der Waals surface area contributed by atoms with Gasteiger partial charge in [-0.2, -0.15) is 5.10 Å². The van der Waals surface area contributed by atoms with E-state index in [2.05, 4.69) is 41.2 Å². The minimum Gasteiger partial charge on any atom is -0.397 e. The average molecular weight is 407 g/mol. The van der Waals surface area contributed by atoms with Gasteiger partial charge < -0.3 is 15.3 Å². The fourth-order valence-corrected chi connectivity index (χ4v) is 3.80. The molecule has 6 rings (SSSR count). The van der Waals surface area contributed by atoms with E-state index in [9.17, 15) is 0 Å². The third kappa shape index (κ3) is 2.83. The van der Waals surface area contributed by atoms with Crippen LogP contribution in [0.25, 0.3) is 50.1 Å². The molecule has 0 bridgehead atoms. The van der Waals surface area contributed by atoms with E-state index in [1.165, 1.54) is 0 Å². The van der Waals surface area contributed by atoms with Crippen LogP contribution in [0.2, 0.25) is 0 Å². The Kier molecular flexibility index (Phi) is 3.63. The molecule has 31 heavy (non-hydrogen) atoms. The number of nitrogen functional groups attached to an aromatic ring is 1. The molecule has 0 fully saturated rings. The van der Waals surface area contributed by atoms with Gasteiger partial charge in [-0.15, -0.1) is 0 Å². The number of fused-ring (bicyclic) bond motifs is 2. The predicted octanol–water partition coefficient (Wildman–Crippen LogP) is 3.64. The molecular formula is C22H17N9. The Hall–Kier alpha value is -4.53. The summed E-state index contributed by atoms with van der Waals surface area (Å²) in [6.45, 7) is 1.96. The number of imidazole rings is 1. The lowest BCUT2D eigenvalue weighted by molar-refractivity contribution is 1.05. The number of hydrogen-bond donors (Lipinski definition) is 3. The van der Waals surface area contributed by atoms with E-state index in [0.29, 0.717) is 5.69 Å². The summed E-state index contributed by atoms with van der Waals surface area (Å²) >= 11 is 0. The zero-order valence-corrected chi connectivity index (χ0v) is 16.5. The smallest absolute Gasteiger partial charge is 0.116 e. The Balaban J connectivity index is 1.51. The first-order chi connectivity index (χ1) is 15.2. The number of nitrogens with zero attached hydrogens (tertiary/aromatic N) is 6. The van der Waals surface area contributed by atoms with E-state index in [1.54, 1.807) is 24.9 Å². The number of hydrogen-bond acceptors (Lipinski definition) is 6. The largest absolute Gasteiger partial charge is 0.397 e. The molecule has 6 heterocycles. The predicted molar refractivity (Wildman–Crippen MR) is 118 cm³/mol. The van der Waals surface area contributed by atoms with Gasteiger partial charge in [0.2, 0.25) is 0 Å². The summed E-state index contributed by atoms with van der Waals surface area (Å²) in [6.07, 6.45) is 12.5. The maximum absolute atomic E-state index is 5.89. The summed E-state index contributed by atoms with van der Waals surface area (Å²) in [6, 6.07) is 5.93. The molecule has 6 aromatic rings. The van der Waals surface area contributed by atoms with Crippen molar-refractivity contribution in [1.29, 1.82) is 0 Å². The molecule has 0 aliphatic carbocycles. The first-order valence-electron chi connectivity index (χ1n) is 9.69. The number of nitrogens with one attached hydrogen (secondary N) is 2. The van der Waals surface area contributed by atoms with Gasteiger partial charge >= 0.3 is 0 Å². The fourth-order valence-electron chi connectivity index (χ4n) is 3.80. The van der Waals surface area contributed by atoms with Crippen molar-refractivity contribution in [3.63, 3.8) is 0 Å². The number of H-pyrrole nitrogens is 2. The zero-order valence-electron chi connectivity index (χ0n) is 16.5. The number of pyridine rings is 3. The van der Waals surface area contributed by atoms with Crippen molar-refractivity contribution < 1.29 is 0 Å². The summed E-state index contributed by atoms with van der Waals surface area (Å²) in [5.74, 6) is 0. The van der Waals surface area contributed by atoms with E-state index < -0.39 is 0 Å². The van der Waals surface area contributed by atoms with Crippen molar-refractivity contribution in [2.24, 2.45) is 0 Å². The highest BCUT2D eigenvalue weighted by molar-refractivity contribution is 5.98. The molecule has 6 aromatic heterocycles.